The van der Waals surface area contributed by atoms with E-state index in [1.807, 2.05) is 36.5 Å². The third-order valence-corrected chi connectivity index (χ3v) is 8.11. The number of ether oxygens (including phenoxy) is 1. The molecule has 0 fully saturated rings. The molecule has 0 saturated carbocycles. The van der Waals surface area contributed by atoms with E-state index < -0.39 is 45.2 Å². The zero-order chi connectivity index (χ0) is 33.0. The second kappa shape index (κ2) is 13.2. The first-order valence-corrected chi connectivity index (χ1v) is 15.8. The fourth-order valence-corrected chi connectivity index (χ4v) is 5.86. The van der Waals surface area contributed by atoms with Gasteiger partial charge in [0.1, 0.15) is 22.4 Å². The lowest BCUT2D eigenvalue weighted by Gasteiger charge is -2.37. The average Bonchev–Trinajstić information content (AvgIpc) is 3.50. The van der Waals surface area contributed by atoms with Gasteiger partial charge in [0.25, 0.3) is 0 Å². The predicted molar refractivity (Wildman–Crippen MR) is 168 cm³/mol. The molecule has 0 spiro atoms. The number of rotatable bonds is 10. The topological polar surface area (TPSA) is 157 Å². The quantitative estimate of drug-likeness (QED) is 0.240. The van der Waals surface area contributed by atoms with Crippen LogP contribution in [0.2, 0.25) is 0 Å². The van der Waals surface area contributed by atoms with E-state index in [4.69, 9.17) is 4.74 Å². The molecule has 0 saturated heterocycles. The Bertz CT molecular complexity index is 1710. The van der Waals surface area contributed by atoms with Crippen molar-refractivity contribution in [1.82, 2.24) is 24.5 Å². The van der Waals surface area contributed by atoms with Crippen LogP contribution in [0.25, 0.3) is 5.69 Å². The van der Waals surface area contributed by atoms with Crippen LogP contribution in [0.5, 0.6) is 0 Å². The number of benzene rings is 1. The number of amides is 1. The van der Waals surface area contributed by atoms with Crippen molar-refractivity contribution in [2.24, 2.45) is 5.41 Å². The van der Waals surface area contributed by atoms with Crippen LogP contribution in [0.1, 0.15) is 58.8 Å². The lowest BCUT2D eigenvalue weighted by molar-refractivity contribution is -0.141. The van der Waals surface area contributed by atoms with Crippen LogP contribution in [0.15, 0.2) is 90.3 Å². The van der Waals surface area contributed by atoms with Crippen molar-refractivity contribution in [3.63, 3.8) is 0 Å². The van der Waals surface area contributed by atoms with Gasteiger partial charge in [-0.2, -0.15) is 5.10 Å². The number of hydrogen-bond donors (Lipinski definition) is 2. The summed E-state index contributed by atoms with van der Waals surface area (Å²) in [5, 5.41) is 14.5. The maximum absolute atomic E-state index is 13.5. The standard InChI is InChI=1S/C32H38N6O6S/c1-31(2,3)28(29(39)40)38(30(41)44-32(4,5)6)27-12-7-11-25(35-27)26(36-45(42,43)24-10-8-17-33-21-24)20-22-13-15-23(16-14-22)37-19-9-18-34-37/h7-19,21,26,28,36H,20H2,1-6H3,(H,39,40). The van der Waals surface area contributed by atoms with Gasteiger partial charge in [0.2, 0.25) is 10.0 Å². The molecule has 3 heterocycles. The van der Waals surface area contributed by atoms with E-state index in [9.17, 15) is 23.1 Å². The molecule has 12 nitrogen and oxygen atoms in total. The van der Waals surface area contributed by atoms with E-state index in [1.54, 1.807) is 64.6 Å². The van der Waals surface area contributed by atoms with E-state index in [1.165, 1.54) is 30.6 Å². The Balaban J connectivity index is 1.79. The van der Waals surface area contributed by atoms with Crippen LogP contribution in [0.3, 0.4) is 0 Å². The fraction of sp³-hybridized carbons (Fsp3) is 0.344. The summed E-state index contributed by atoms with van der Waals surface area (Å²) >= 11 is 0. The van der Waals surface area contributed by atoms with Gasteiger partial charge in [0.05, 0.1) is 17.4 Å². The molecule has 13 heteroatoms. The van der Waals surface area contributed by atoms with Crippen molar-refractivity contribution in [2.45, 2.75) is 70.5 Å². The Morgan fingerprint density at radius 1 is 0.978 bits per heavy atom. The van der Waals surface area contributed by atoms with Crippen molar-refractivity contribution in [3.05, 3.63) is 96.7 Å². The number of hydrogen-bond acceptors (Lipinski definition) is 8. The largest absolute Gasteiger partial charge is 0.480 e. The zero-order valence-corrected chi connectivity index (χ0v) is 26.9. The first-order valence-electron chi connectivity index (χ1n) is 14.3. The van der Waals surface area contributed by atoms with Gasteiger partial charge in [-0.3, -0.25) is 4.98 Å². The Kier molecular flexibility index (Phi) is 9.74. The van der Waals surface area contributed by atoms with E-state index >= 15 is 0 Å². The van der Waals surface area contributed by atoms with Gasteiger partial charge in [-0.25, -0.2) is 37.3 Å². The average molecular weight is 635 g/mol. The van der Waals surface area contributed by atoms with E-state index in [2.05, 4.69) is 19.8 Å². The molecule has 1 aromatic carbocycles. The molecular formula is C32H38N6O6S. The monoisotopic (exact) mass is 634 g/mol. The van der Waals surface area contributed by atoms with Crippen molar-refractivity contribution in [1.29, 1.82) is 0 Å². The lowest BCUT2D eigenvalue weighted by atomic mass is 9.85. The smallest absolute Gasteiger partial charge is 0.416 e. The minimum Gasteiger partial charge on any atom is -0.480 e. The first kappa shape index (κ1) is 33.3. The van der Waals surface area contributed by atoms with Gasteiger partial charge in [-0.15, -0.1) is 0 Å². The van der Waals surface area contributed by atoms with Crippen molar-refractivity contribution in [2.75, 3.05) is 4.90 Å². The number of pyridine rings is 2. The minimum absolute atomic E-state index is 0.00341. The van der Waals surface area contributed by atoms with Gasteiger partial charge < -0.3 is 9.84 Å². The minimum atomic E-state index is -4.06. The molecule has 0 aliphatic rings. The Labute approximate surface area is 263 Å². The maximum Gasteiger partial charge on any atom is 0.416 e. The third-order valence-electron chi connectivity index (χ3n) is 6.65. The molecule has 2 atom stereocenters. The summed E-state index contributed by atoms with van der Waals surface area (Å²) in [4.78, 5) is 35.7. The molecular weight excluding hydrogens is 596 g/mol. The van der Waals surface area contributed by atoms with Crippen LogP contribution < -0.4 is 9.62 Å². The number of carboxylic acids is 1. The molecule has 4 aromatic rings. The second-order valence-corrected chi connectivity index (χ2v) is 14.3. The SMILES string of the molecule is CC(C)(C)OC(=O)N(c1cccc(C(Cc2ccc(-n3cccn3)cc2)NS(=O)(=O)c2cccnc2)n1)C(C(=O)O)C(C)(C)C. The van der Waals surface area contributed by atoms with Gasteiger partial charge >= 0.3 is 12.1 Å². The number of aliphatic carboxylic acids is 1. The number of nitrogens with one attached hydrogen (secondary N) is 1. The highest BCUT2D eigenvalue weighted by Crippen LogP contribution is 2.31. The Hall–Kier alpha value is -4.62. The molecule has 4 rings (SSSR count). The summed E-state index contributed by atoms with van der Waals surface area (Å²) in [6.07, 6.45) is 5.49. The zero-order valence-electron chi connectivity index (χ0n) is 26.1. The number of anilines is 1. The third kappa shape index (κ3) is 8.52. The van der Waals surface area contributed by atoms with Crippen molar-refractivity contribution in [3.8, 4) is 5.69 Å². The summed E-state index contributed by atoms with van der Waals surface area (Å²) in [6, 6.07) is 14.7. The molecule has 45 heavy (non-hydrogen) atoms. The molecule has 0 aliphatic heterocycles. The highest BCUT2D eigenvalue weighted by molar-refractivity contribution is 7.89. The van der Waals surface area contributed by atoms with Gasteiger partial charge in [-0.05, 0) is 80.6 Å². The van der Waals surface area contributed by atoms with Gasteiger partial charge in [-0.1, -0.05) is 39.0 Å². The highest BCUT2D eigenvalue weighted by atomic mass is 32.2. The fourth-order valence-electron chi connectivity index (χ4n) is 4.69. The molecule has 1 amide bonds. The maximum atomic E-state index is 13.5. The molecule has 0 bridgehead atoms. The number of carbonyl (C=O) groups is 2. The van der Waals surface area contributed by atoms with Crippen LogP contribution in [-0.4, -0.2) is 57.0 Å². The van der Waals surface area contributed by atoms with Gasteiger partial charge in [0.15, 0.2) is 0 Å². The Morgan fingerprint density at radius 3 is 2.24 bits per heavy atom. The Morgan fingerprint density at radius 2 is 1.69 bits per heavy atom. The highest BCUT2D eigenvalue weighted by Gasteiger charge is 2.43. The van der Waals surface area contributed by atoms with Crippen LogP contribution in [0, 0.1) is 5.41 Å². The van der Waals surface area contributed by atoms with Crippen molar-refractivity contribution < 1.29 is 27.9 Å². The number of carboxylic acid groups (broad SMARTS) is 1. The lowest BCUT2D eigenvalue weighted by Crippen LogP contribution is -2.54. The first-order chi connectivity index (χ1) is 21.0. The summed E-state index contributed by atoms with van der Waals surface area (Å²) in [5.74, 6) is -1.24. The van der Waals surface area contributed by atoms with E-state index in [0.29, 0.717) is 0 Å². The van der Waals surface area contributed by atoms with Crippen LogP contribution in [-0.2, 0) is 26.0 Å². The van der Waals surface area contributed by atoms with E-state index in [0.717, 1.165) is 16.2 Å². The molecule has 0 radical (unpaired) electrons. The summed E-state index contributed by atoms with van der Waals surface area (Å²) in [7, 11) is -4.06. The normalized spacial score (nSPS) is 13.6. The summed E-state index contributed by atoms with van der Waals surface area (Å²) in [5.41, 5.74) is 0.0453. The summed E-state index contributed by atoms with van der Waals surface area (Å²) < 4.78 is 37.0. The second-order valence-electron chi connectivity index (χ2n) is 12.6. The van der Waals surface area contributed by atoms with Crippen molar-refractivity contribution >= 4 is 27.9 Å². The van der Waals surface area contributed by atoms with E-state index in [-0.39, 0.29) is 22.8 Å². The molecule has 2 unspecified atom stereocenters. The number of sulfonamides is 1. The number of nitrogens with zero attached hydrogens (tertiary/aromatic N) is 5. The molecule has 0 aliphatic carbocycles. The summed E-state index contributed by atoms with van der Waals surface area (Å²) in [6.45, 7) is 10.1. The molecule has 3 aromatic heterocycles. The number of carbonyl (C=O) groups excluding carboxylic acids is 1. The van der Waals surface area contributed by atoms with Crippen LogP contribution in [0.4, 0.5) is 10.6 Å². The van der Waals surface area contributed by atoms with Crippen LogP contribution >= 0.6 is 0 Å². The van der Waals surface area contributed by atoms with Gasteiger partial charge in [0, 0.05) is 24.8 Å². The number of aromatic nitrogens is 4. The molecule has 2 N–H and O–H groups in total. The predicted octanol–water partition coefficient (Wildman–Crippen LogP) is 5.17. The molecule has 238 valence electrons.